The summed E-state index contributed by atoms with van der Waals surface area (Å²) in [5.74, 6) is 0. The normalized spacial score (nSPS) is 10.3. The van der Waals surface area contributed by atoms with Gasteiger partial charge in [-0.3, -0.25) is 4.79 Å². The molecule has 2 rings (SSSR count). The summed E-state index contributed by atoms with van der Waals surface area (Å²) in [4.78, 5) is 11.3. The van der Waals surface area contributed by atoms with Crippen molar-refractivity contribution in [2.24, 2.45) is 0 Å². The first kappa shape index (κ1) is 12.6. The van der Waals surface area contributed by atoms with Gasteiger partial charge in [-0.1, -0.05) is 50.2 Å². The molecule has 0 bridgehead atoms. The van der Waals surface area contributed by atoms with Gasteiger partial charge in [0.1, 0.15) is 0 Å². The minimum Gasteiger partial charge on any atom is -0.298 e. The standard InChI is InChI=1S/C17H18O/c1-3-13-10-14(4-2)17(16(11-13)12-18)15-8-6-5-7-9-15/h5-12H,3-4H2,1-2H3. The second-order valence-electron chi connectivity index (χ2n) is 4.41. The monoisotopic (exact) mass is 238 g/mol. The van der Waals surface area contributed by atoms with E-state index >= 15 is 0 Å². The molecule has 1 nitrogen and oxygen atoms in total. The van der Waals surface area contributed by atoms with Gasteiger partial charge < -0.3 is 0 Å². The van der Waals surface area contributed by atoms with Crippen LogP contribution in [0.4, 0.5) is 0 Å². The fraction of sp³-hybridized carbons (Fsp3) is 0.235. The molecule has 0 aliphatic carbocycles. The van der Waals surface area contributed by atoms with Crippen molar-refractivity contribution >= 4 is 6.29 Å². The second-order valence-corrected chi connectivity index (χ2v) is 4.41. The fourth-order valence-corrected chi connectivity index (χ4v) is 2.33. The summed E-state index contributed by atoms with van der Waals surface area (Å²) in [6.07, 6.45) is 2.88. The maximum atomic E-state index is 11.3. The molecule has 0 unspecified atom stereocenters. The number of rotatable bonds is 4. The van der Waals surface area contributed by atoms with Crippen molar-refractivity contribution in [2.75, 3.05) is 0 Å². The van der Waals surface area contributed by atoms with Gasteiger partial charge in [0.05, 0.1) is 0 Å². The highest BCUT2D eigenvalue weighted by Gasteiger charge is 2.10. The lowest BCUT2D eigenvalue weighted by atomic mass is 9.91. The van der Waals surface area contributed by atoms with E-state index in [1.807, 2.05) is 24.3 Å². The third kappa shape index (κ3) is 2.35. The molecule has 0 aliphatic rings. The number of aryl methyl sites for hydroxylation is 2. The minimum absolute atomic E-state index is 0.803. The molecule has 0 aromatic heterocycles. The van der Waals surface area contributed by atoms with Crippen LogP contribution in [-0.4, -0.2) is 6.29 Å². The number of carbonyl (C=O) groups is 1. The van der Waals surface area contributed by atoms with Crippen molar-refractivity contribution in [1.29, 1.82) is 0 Å². The van der Waals surface area contributed by atoms with E-state index in [0.717, 1.165) is 35.8 Å². The molecule has 0 fully saturated rings. The number of carbonyl (C=O) groups excluding carboxylic acids is 1. The van der Waals surface area contributed by atoms with Gasteiger partial charge in [0, 0.05) is 5.56 Å². The first-order valence-electron chi connectivity index (χ1n) is 6.46. The smallest absolute Gasteiger partial charge is 0.150 e. The summed E-state index contributed by atoms with van der Waals surface area (Å²) < 4.78 is 0. The first-order chi connectivity index (χ1) is 8.80. The predicted molar refractivity (Wildman–Crippen MR) is 76.0 cm³/mol. The van der Waals surface area contributed by atoms with Crippen LogP contribution in [0.3, 0.4) is 0 Å². The van der Waals surface area contributed by atoms with Crippen LogP contribution in [0.25, 0.3) is 11.1 Å². The Hall–Kier alpha value is -1.89. The van der Waals surface area contributed by atoms with E-state index in [4.69, 9.17) is 0 Å². The van der Waals surface area contributed by atoms with E-state index in [0.29, 0.717) is 0 Å². The SMILES string of the molecule is CCc1cc(C=O)c(-c2ccccc2)c(CC)c1. The van der Waals surface area contributed by atoms with Crippen molar-refractivity contribution in [3.8, 4) is 11.1 Å². The van der Waals surface area contributed by atoms with Crippen LogP contribution in [0.5, 0.6) is 0 Å². The number of hydrogen-bond acceptors (Lipinski definition) is 1. The molecule has 0 heterocycles. The maximum Gasteiger partial charge on any atom is 0.150 e. The molecule has 2 aromatic rings. The Morgan fingerprint density at radius 3 is 2.28 bits per heavy atom. The van der Waals surface area contributed by atoms with Crippen LogP contribution < -0.4 is 0 Å². The van der Waals surface area contributed by atoms with Gasteiger partial charge in [-0.2, -0.15) is 0 Å². The van der Waals surface area contributed by atoms with Gasteiger partial charge in [0.25, 0.3) is 0 Å². The van der Waals surface area contributed by atoms with E-state index < -0.39 is 0 Å². The predicted octanol–water partition coefficient (Wildman–Crippen LogP) is 4.29. The van der Waals surface area contributed by atoms with Gasteiger partial charge in [0.15, 0.2) is 6.29 Å². The van der Waals surface area contributed by atoms with Crippen LogP contribution in [0, 0.1) is 0 Å². The Kier molecular flexibility index (Phi) is 3.93. The zero-order valence-electron chi connectivity index (χ0n) is 10.9. The summed E-state index contributed by atoms with van der Waals surface area (Å²) in [6.45, 7) is 4.25. The lowest BCUT2D eigenvalue weighted by Gasteiger charge is -2.13. The lowest BCUT2D eigenvalue weighted by molar-refractivity contribution is 0.112. The number of benzene rings is 2. The third-order valence-electron chi connectivity index (χ3n) is 3.29. The highest BCUT2D eigenvalue weighted by Crippen LogP contribution is 2.29. The fourth-order valence-electron chi connectivity index (χ4n) is 2.33. The molecule has 0 spiro atoms. The summed E-state index contributed by atoms with van der Waals surface area (Å²) in [5.41, 5.74) is 5.50. The second kappa shape index (κ2) is 5.63. The van der Waals surface area contributed by atoms with Gasteiger partial charge in [-0.05, 0) is 41.2 Å². The van der Waals surface area contributed by atoms with Gasteiger partial charge >= 0.3 is 0 Å². The molecule has 0 N–H and O–H groups in total. The maximum absolute atomic E-state index is 11.3. The Labute approximate surface area is 108 Å². The van der Waals surface area contributed by atoms with Crippen LogP contribution in [0.1, 0.15) is 35.3 Å². The third-order valence-corrected chi connectivity index (χ3v) is 3.29. The summed E-state index contributed by atoms with van der Waals surface area (Å²) in [7, 11) is 0. The quantitative estimate of drug-likeness (QED) is 0.726. The molecule has 0 amide bonds. The van der Waals surface area contributed by atoms with Crippen molar-refractivity contribution < 1.29 is 4.79 Å². The van der Waals surface area contributed by atoms with Crippen molar-refractivity contribution in [1.82, 2.24) is 0 Å². The van der Waals surface area contributed by atoms with Crippen molar-refractivity contribution in [3.05, 3.63) is 59.2 Å². The topological polar surface area (TPSA) is 17.1 Å². The van der Waals surface area contributed by atoms with E-state index in [-0.39, 0.29) is 0 Å². The largest absolute Gasteiger partial charge is 0.298 e. The molecular formula is C17H18O. The molecule has 0 atom stereocenters. The van der Waals surface area contributed by atoms with E-state index in [1.54, 1.807) is 0 Å². The molecule has 2 aromatic carbocycles. The number of hydrogen-bond donors (Lipinski definition) is 0. The highest BCUT2D eigenvalue weighted by molar-refractivity contribution is 5.89. The molecule has 1 heteroatoms. The van der Waals surface area contributed by atoms with Crippen molar-refractivity contribution in [3.63, 3.8) is 0 Å². The zero-order chi connectivity index (χ0) is 13.0. The molecule has 0 saturated carbocycles. The minimum atomic E-state index is 0.803. The van der Waals surface area contributed by atoms with Crippen LogP contribution >= 0.6 is 0 Å². The van der Waals surface area contributed by atoms with Crippen LogP contribution in [-0.2, 0) is 12.8 Å². The van der Waals surface area contributed by atoms with Crippen LogP contribution in [0.15, 0.2) is 42.5 Å². The molecule has 92 valence electrons. The molecule has 0 aliphatic heterocycles. The van der Waals surface area contributed by atoms with Crippen LogP contribution in [0.2, 0.25) is 0 Å². The van der Waals surface area contributed by atoms with Gasteiger partial charge in [-0.15, -0.1) is 0 Å². The zero-order valence-corrected chi connectivity index (χ0v) is 10.9. The lowest BCUT2D eigenvalue weighted by Crippen LogP contribution is -1.97. The molecular weight excluding hydrogens is 220 g/mol. The average molecular weight is 238 g/mol. The molecule has 0 saturated heterocycles. The van der Waals surface area contributed by atoms with E-state index in [2.05, 4.69) is 32.0 Å². The average Bonchev–Trinajstić information content (AvgIpc) is 2.46. The Morgan fingerprint density at radius 1 is 1.00 bits per heavy atom. The Morgan fingerprint density at radius 2 is 1.72 bits per heavy atom. The van der Waals surface area contributed by atoms with Crippen molar-refractivity contribution in [2.45, 2.75) is 26.7 Å². The summed E-state index contributed by atoms with van der Waals surface area (Å²) >= 11 is 0. The molecule has 0 radical (unpaired) electrons. The van der Waals surface area contributed by atoms with E-state index in [1.165, 1.54) is 11.1 Å². The summed E-state index contributed by atoms with van der Waals surface area (Å²) in [5, 5.41) is 0. The van der Waals surface area contributed by atoms with Gasteiger partial charge in [-0.25, -0.2) is 0 Å². The number of aldehydes is 1. The van der Waals surface area contributed by atoms with E-state index in [9.17, 15) is 4.79 Å². The van der Waals surface area contributed by atoms with Gasteiger partial charge in [0.2, 0.25) is 0 Å². The molecule has 18 heavy (non-hydrogen) atoms. The Bertz CT molecular complexity index is 541. The summed E-state index contributed by atoms with van der Waals surface area (Å²) in [6, 6.07) is 14.4. The highest BCUT2D eigenvalue weighted by atomic mass is 16.1. The first-order valence-corrected chi connectivity index (χ1v) is 6.46. The Balaban J connectivity index is 2.68.